The number of aliphatic carboxylic acids is 1. The number of carbonyl (C=O) groups excluding carboxylic acids is 1. The molecule has 0 aromatic heterocycles. The number of amides is 1. The van der Waals surface area contributed by atoms with Crippen LogP contribution in [0.5, 0.6) is 0 Å². The van der Waals surface area contributed by atoms with Crippen LogP contribution >= 0.6 is 0 Å². The zero-order valence-corrected chi connectivity index (χ0v) is 13.8. The topological polar surface area (TPSA) is 84.3 Å². The molecular weight excluding hydrogens is 310 g/mol. The number of carboxylic acid groups (broad SMARTS) is 1. The molecule has 3 rings (SSSR count). The molecule has 0 aliphatic carbocycles. The van der Waals surface area contributed by atoms with Crippen molar-refractivity contribution in [2.75, 3.05) is 44.7 Å². The third-order valence-electron chi connectivity index (χ3n) is 4.83. The van der Waals surface area contributed by atoms with Crippen molar-refractivity contribution in [1.82, 2.24) is 9.80 Å². The third-order valence-corrected chi connectivity index (χ3v) is 4.83. The van der Waals surface area contributed by atoms with E-state index in [1.165, 1.54) is 5.56 Å². The summed E-state index contributed by atoms with van der Waals surface area (Å²) in [7, 11) is 1.68. The van der Waals surface area contributed by atoms with Gasteiger partial charge in [-0.3, -0.25) is 19.4 Å². The van der Waals surface area contributed by atoms with E-state index in [2.05, 4.69) is 0 Å². The zero-order valence-electron chi connectivity index (χ0n) is 13.8. The average Bonchev–Trinajstić information content (AvgIpc) is 3.10. The predicted octanol–water partition coefficient (Wildman–Crippen LogP) is -0.363. The van der Waals surface area contributed by atoms with Crippen LogP contribution in [0.3, 0.4) is 0 Å². The number of hydrogen-bond donors (Lipinski definition) is 2. The van der Waals surface area contributed by atoms with E-state index in [1.54, 1.807) is 16.8 Å². The standard InChI is InChI=1S/C17H23N3O4/c1-18(11-17(23)24)14-8-19(9-15(14)21)10-16(22)20-7-6-12-4-2-3-5-13(12)20/h2-5,14-15,21H,6-11H2,1H3,(H,23,24)/t14?,15-/m1/s1. The lowest BCUT2D eigenvalue weighted by Gasteiger charge is -2.25. The van der Waals surface area contributed by atoms with Gasteiger partial charge in [-0.05, 0) is 25.1 Å². The van der Waals surface area contributed by atoms with Gasteiger partial charge in [0.25, 0.3) is 0 Å². The van der Waals surface area contributed by atoms with Gasteiger partial charge < -0.3 is 15.1 Å². The fourth-order valence-electron chi connectivity index (χ4n) is 3.61. The Morgan fingerprint density at radius 1 is 1.29 bits per heavy atom. The Balaban J connectivity index is 1.59. The minimum Gasteiger partial charge on any atom is -0.480 e. The second-order valence-electron chi connectivity index (χ2n) is 6.56. The van der Waals surface area contributed by atoms with Crippen LogP contribution in [0.1, 0.15) is 5.56 Å². The number of anilines is 1. The molecule has 7 nitrogen and oxygen atoms in total. The van der Waals surface area contributed by atoms with Crippen LogP contribution in [0.15, 0.2) is 24.3 Å². The molecule has 1 aromatic rings. The fraction of sp³-hybridized carbons (Fsp3) is 0.529. The second kappa shape index (κ2) is 6.88. The fourth-order valence-corrected chi connectivity index (χ4v) is 3.61. The maximum atomic E-state index is 12.6. The molecule has 1 saturated heterocycles. The van der Waals surface area contributed by atoms with Crippen LogP contribution < -0.4 is 4.90 Å². The Hall–Kier alpha value is -1.96. The summed E-state index contributed by atoms with van der Waals surface area (Å²) in [6.45, 7) is 1.69. The summed E-state index contributed by atoms with van der Waals surface area (Å²) in [6.07, 6.45) is 0.224. The van der Waals surface area contributed by atoms with Gasteiger partial charge in [0, 0.05) is 31.4 Å². The first-order valence-corrected chi connectivity index (χ1v) is 8.16. The van der Waals surface area contributed by atoms with Gasteiger partial charge >= 0.3 is 5.97 Å². The Bertz CT molecular complexity index is 636. The van der Waals surface area contributed by atoms with Crippen LogP contribution in [-0.2, 0) is 16.0 Å². The molecule has 1 unspecified atom stereocenters. The number of rotatable bonds is 5. The van der Waals surface area contributed by atoms with Gasteiger partial charge in [-0.15, -0.1) is 0 Å². The van der Waals surface area contributed by atoms with Gasteiger partial charge in [0.1, 0.15) is 0 Å². The number of likely N-dealkylation sites (tertiary alicyclic amines) is 1. The summed E-state index contributed by atoms with van der Waals surface area (Å²) < 4.78 is 0. The minimum absolute atomic E-state index is 0.0219. The molecule has 0 saturated carbocycles. The number of aliphatic hydroxyl groups is 1. The Morgan fingerprint density at radius 2 is 2.04 bits per heavy atom. The monoisotopic (exact) mass is 333 g/mol. The van der Waals surface area contributed by atoms with Gasteiger partial charge in [-0.25, -0.2) is 0 Å². The Kier molecular flexibility index (Phi) is 4.84. The van der Waals surface area contributed by atoms with Crippen LogP contribution in [0.2, 0.25) is 0 Å². The molecule has 2 N–H and O–H groups in total. The molecule has 130 valence electrons. The van der Waals surface area contributed by atoms with Crippen molar-refractivity contribution in [1.29, 1.82) is 0 Å². The van der Waals surface area contributed by atoms with E-state index in [-0.39, 0.29) is 25.0 Å². The molecule has 1 aromatic carbocycles. The van der Waals surface area contributed by atoms with Gasteiger partial charge in [0.15, 0.2) is 0 Å². The van der Waals surface area contributed by atoms with Gasteiger partial charge in [-0.2, -0.15) is 0 Å². The Morgan fingerprint density at radius 3 is 2.79 bits per heavy atom. The van der Waals surface area contributed by atoms with Crippen molar-refractivity contribution in [3.05, 3.63) is 29.8 Å². The molecule has 1 amide bonds. The van der Waals surface area contributed by atoms with E-state index < -0.39 is 12.1 Å². The van der Waals surface area contributed by atoms with Crippen molar-refractivity contribution in [3.63, 3.8) is 0 Å². The molecule has 0 spiro atoms. The van der Waals surface area contributed by atoms with Crippen molar-refractivity contribution in [2.24, 2.45) is 0 Å². The van der Waals surface area contributed by atoms with Crippen molar-refractivity contribution in [3.8, 4) is 0 Å². The second-order valence-corrected chi connectivity index (χ2v) is 6.56. The van der Waals surface area contributed by atoms with E-state index in [0.29, 0.717) is 19.6 Å². The SMILES string of the molecule is CN(CC(=O)O)C1CN(CC(=O)N2CCc3ccccc32)C[C@H]1O. The van der Waals surface area contributed by atoms with Gasteiger partial charge in [0.2, 0.25) is 5.91 Å². The van der Waals surface area contributed by atoms with Crippen molar-refractivity contribution < 1.29 is 19.8 Å². The summed E-state index contributed by atoms with van der Waals surface area (Å²) in [4.78, 5) is 28.8. The Labute approximate surface area is 141 Å². The maximum Gasteiger partial charge on any atom is 0.317 e. The van der Waals surface area contributed by atoms with Gasteiger partial charge in [0.05, 0.1) is 19.2 Å². The number of para-hydroxylation sites is 1. The van der Waals surface area contributed by atoms with Crippen LogP contribution in [0.25, 0.3) is 0 Å². The lowest BCUT2D eigenvalue weighted by Crippen LogP contribution is -2.43. The van der Waals surface area contributed by atoms with E-state index in [4.69, 9.17) is 5.11 Å². The number of carboxylic acids is 1. The van der Waals surface area contributed by atoms with E-state index in [0.717, 1.165) is 12.1 Å². The predicted molar refractivity (Wildman–Crippen MR) is 89.0 cm³/mol. The highest BCUT2D eigenvalue weighted by molar-refractivity contribution is 5.96. The first-order valence-electron chi connectivity index (χ1n) is 8.16. The molecule has 0 bridgehead atoms. The number of likely N-dealkylation sites (N-methyl/N-ethyl adjacent to an activating group) is 1. The zero-order chi connectivity index (χ0) is 17.3. The lowest BCUT2D eigenvalue weighted by molar-refractivity contribution is -0.138. The average molecular weight is 333 g/mol. The molecular formula is C17H23N3O4. The summed E-state index contributed by atoms with van der Waals surface area (Å²) in [6, 6.07) is 7.65. The molecule has 24 heavy (non-hydrogen) atoms. The molecule has 1 fully saturated rings. The maximum absolute atomic E-state index is 12.6. The van der Waals surface area contributed by atoms with Crippen molar-refractivity contribution in [2.45, 2.75) is 18.6 Å². The first kappa shape index (κ1) is 16.9. The largest absolute Gasteiger partial charge is 0.480 e. The smallest absolute Gasteiger partial charge is 0.317 e. The van der Waals surface area contributed by atoms with Crippen LogP contribution in [-0.4, -0.2) is 83.8 Å². The molecule has 0 radical (unpaired) electrons. The van der Waals surface area contributed by atoms with Crippen LogP contribution in [0.4, 0.5) is 5.69 Å². The first-order chi connectivity index (χ1) is 11.5. The highest BCUT2D eigenvalue weighted by Crippen LogP contribution is 2.27. The molecule has 2 heterocycles. The quantitative estimate of drug-likeness (QED) is 0.765. The van der Waals surface area contributed by atoms with Crippen LogP contribution in [0, 0.1) is 0 Å². The van der Waals surface area contributed by atoms with Crippen molar-refractivity contribution >= 4 is 17.6 Å². The molecule has 2 atom stereocenters. The number of aliphatic hydroxyl groups excluding tert-OH is 1. The van der Waals surface area contributed by atoms with E-state index >= 15 is 0 Å². The number of carbonyl (C=O) groups is 2. The number of hydrogen-bond acceptors (Lipinski definition) is 5. The molecule has 2 aliphatic rings. The lowest BCUT2D eigenvalue weighted by atomic mass is 10.2. The van der Waals surface area contributed by atoms with E-state index in [9.17, 15) is 14.7 Å². The summed E-state index contributed by atoms with van der Waals surface area (Å²) >= 11 is 0. The minimum atomic E-state index is -0.923. The van der Waals surface area contributed by atoms with E-state index in [1.807, 2.05) is 29.2 Å². The highest BCUT2D eigenvalue weighted by Gasteiger charge is 2.36. The normalized spacial score (nSPS) is 23.7. The highest BCUT2D eigenvalue weighted by atomic mass is 16.4. The summed E-state index contributed by atoms with van der Waals surface area (Å²) in [5.74, 6) is -0.901. The number of benzene rings is 1. The summed E-state index contributed by atoms with van der Waals surface area (Å²) in [5.41, 5.74) is 2.16. The van der Waals surface area contributed by atoms with Gasteiger partial charge in [-0.1, -0.05) is 18.2 Å². The third kappa shape index (κ3) is 3.43. The number of β-amino-alcohol motifs (C(OH)–C–C–N with tert-alkyl or cyclic N) is 1. The number of fused-ring (bicyclic) bond motifs is 1. The molecule has 7 heteroatoms. The molecule has 2 aliphatic heterocycles. The summed E-state index contributed by atoms with van der Waals surface area (Å²) in [5, 5.41) is 19.1. The number of nitrogens with zero attached hydrogens (tertiary/aromatic N) is 3.